The van der Waals surface area contributed by atoms with Crippen molar-refractivity contribution in [2.45, 2.75) is 49.3 Å². The molecule has 5 unspecified atom stereocenters. The van der Waals surface area contributed by atoms with E-state index >= 15 is 0 Å². The van der Waals surface area contributed by atoms with Gasteiger partial charge in [-0.3, -0.25) is 4.21 Å². The van der Waals surface area contributed by atoms with Gasteiger partial charge in [-0.2, -0.15) is 0 Å². The van der Waals surface area contributed by atoms with E-state index in [2.05, 4.69) is 24.4 Å². The van der Waals surface area contributed by atoms with E-state index in [4.69, 9.17) is 4.74 Å². The first kappa shape index (κ1) is 15.7. The van der Waals surface area contributed by atoms with Gasteiger partial charge in [-0.15, -0.1) is 0 Å². The van der Waals surface area contributed by atoms with Crippen LogP contribution in [-0.2, 0) is 15.5 Å². The van der Waals surface area contributed by atoms with Gasteiger partial charge in [0.2, 0.25) is 0 Å². The molecule has 1 saturated heterocycles. The average molecular weight is 295 g/mol. The van der Waals surface area contributed by atoms with Crippen molar-refractivity contribution in [1.29, 1.82) is 0 Å². The first-order valence-electron chi connectivity index (χ1n) is 7.42. The third-order valence-electron chi connectivity index (χ3n) is 4.15. The maximum absolute atomic E-state index is 13.0. The van der Waals surface area contributed by atoms with Crippen LogP contribution in [0.2, 0.25) is 0 Å². The molecule has 4 heteroatoms. The number of rotatable bonds is 6. The molecule has 5 atom stereocenters. The zero-order valence-electron chi connectivity index (χ0n) is 12.5. The summed E-state index contributed by atoms with van der Waals surface area (Å²) >= 11 is 0. The lowest BCUT2D eigenvalue weighted by atomic mass is 10.0. The summed E-state index contributed by atoms with van der Waals surface area (Å²) in [6.07, 6.45) is 1.92. The normalized spacial score (nSPS) is 27.1. The van der Waals surface area contributed by atoms with Gasteiger partial charge in [-0.25, -0.2) is 0 Å². The van der Waals surface area contributed by atoms with Crippen LogP contribution in [0.15, 0.2) is 30.3 Å². The summed E-state index contributed by atoms with van der Waals surface area (Å²) in [7, 11) is 1.07. The molecular weight excluding hydrogens is 270 g/mol. The van der Waals surface area contributed by atoms with Gasteiger partial charge >= 0.3 is 0 Å². The number of benzene rings is 1. The second-order valence-corrected chi connectivity index (χ2v) is 7.22. The van der Waals surface area contributed by atoms with Crippen molar-refractivity contribution < 1.29 is 8.95 Å². The summed E-state index contributed by atoms with van der Waals surface area (Å²) in [5.41, 5.74) is 1.21. The number of hydrogen-bond acceptors (Lipinski definition) is 3. The number of nitrogens with one attached hydrogen (secondary N) is 1. The van der Waals surface area contributed by atoms with Crippen LogP contribution in [0, 0.1) is 0 Å². The van der Waals surface area contributed by atoms with Gasteiger partial charge in [0, 0.05) is 23.4 Å². The molecule has 20 heavy (non-hydrogen) atoms. The topological polar surface area (TPSA) is 38.3 Å². The summed E-state index contributed by atoms with van der Waals surface area (Å²) in [5, 5.41) is 3.64. The Morgan fingerprint density at radius 3 is 2.60 bits per heavy atom. The molecule has 1 aromatic rings. The Labute approximate surface area is 124 Å². The maximum atomic E-state index is 13.0. The van der Waals surface area contributed by atoms with E-state index in [0.717, 1.165) is 19.4 Å². The van der Waals surface area contributed by atoms with Crippen LogP contribution in [0.4, 0.5) is 0 Å². The molecule has 1 fully saturated rings. The SMILES string of the molecule is CCC(C(NC)c1ccccc1)S(=O)C1CCOC1C. The van der Waals surface area contributed by atoms with Gasteiger partial charge in [-0.1, -0.05) is 37.3 Å². The van der Waals surface area contributed by atoms with Crippen molar-refractivity contribution in [3.8, 4) is 0 Å². The van der Waals surface area contributed by atoms with E-state index in [1.165, 1.54) is 5.56 Å². The largest absolute Gasteiger partial charge is 0.377 e. The lowest BCUT2D eigenvalue weighted by Gasteiger charge is -2.29. The van der Waals surface area contributed by atoms with Crippen molar-refractivity contribution in [2.75, 3.05) is 13.7 Å². The second kappa shape index (κ2) is 7.34. The summed E-state index contributed by atoms with van der Waals surface area (Å²) in [4.78, 5) is 0. The molecule has 0 aliphatic carbocycles. The Bertz CT molecular complexity index is 437. The van der Waals surface area contributed by atoms with Crippen LogP contribution in [0.3, 0.4) is 0 Å². The summed E-state index contributed by atoms with van der Waals surface area (Å²) in [5.74, 6) is 0. The molecule has 0 bridgehead atoms. The monoisotopic (exact) mass is 295 g/mol. The molecule has 0 amide bonds. The van der Waals surface area contributed by atoms with Crippen molar-refractivity contribution >= 4 is 10.8 Å². The van der Waals surface area contributed by atoms with Gasteiger partial charge < -0.3 is 10.1 Å². The average Bonchev–Trinajstić information content (AvgIpc) is 2.91. The molecule has 0 spiro atoms. The molecule has 1 aliphatic rings. The summed E-state index contributed by atoms with van der Waals surface area (Å²) < 4.78 is 18.5. The highest BCUT2D eigenvalue weighted by Crippen LogP contribution is 2.29. The first-order chi connectivity index (χ1) is 9.69. The predicted octanol–water partition coefficient (Wildman–Crippen LogP) is 2.65. The van der Waals surface area contributed by atoms with Gasteiger partial charge in [0.1, 0.15) is 0 Å². The molecule has 1 aliphatic heterocycles. The molecule has 0 radical (unpaired) electrons. The highest BCUT2D eigenvalue weighted by atomic mass is 32.2. The third-order valence-corrected chi connectivity index (χ3v) is 6.57. The van der Waals surface area contributed by atoms with Gasteiger partial charge in [0.05, 0.1) is 16.6 Å². The minimum atomic E-state index is -0.881. The van der Waals surface area contributed by atoms with Crippen molar-refractivity contribution in [3.63, 3.8) is 0 Å². The lowest BCUT2D eigenvalue weighted by Crippen LogP contribution is -2.38. The molecular formula is C16H25NO2S. The Balaban J connectivity index is 2.19. The van der Waals surface area contributed by atoms with Crippen molar-refractivity contribution in [2.24, 2.45) is 0 Å². The summed E-state index contributed by atoms with van der Waals surface area (Å²) in [6, 6.07) is 10.4. The fraction of sp³-hybridized carbons (Fsp3) is 0.625. The van der Waals surface area contributed by atoms with E-state index < -0.39 is 10.8 Å². The minimum Gasteiger partial charge on any atom is -0.377 e. The van der Waals surface area contributed by atoms with Crippen LogP contribution in [0.5, 0.6) is 0 Å². The van der Waals surface area contributed by atoms with Crippen LogP contribution in [0.25, 0.3) is 0 Å². The molecule has 112 valence electrons. The Kier molecular flexibility index (Phi) is 5.75. The van der Waals surface area contributed by atoms with Crippen molar-refractivity contribution in [1.82, 2.24) is 5.32 Å². The molecule has 1 aromatic carbocycles. The lowest BCUT2D eigenvalue weighted by molar-refractivity contribution is 0.126. The third kappa shape index (κ3) is 3.30. The molecule has 1 N–H and O–H groups in total. The predicted molar refractivity (Wildman–Crippen MR) is 84.3 cm³/mol. The highest BCUT2D eigenvalue weighted by molar-refractivity contribution is 7.86. The number of ether oxygens (including phenoxy) is 1. The van der Waals surface area contributed by atoms with E-state index in [9.17, 15) is 4.21 Å². The quantitative estimate of drug-likeness (QED) is 0.877. The van der Waals surface area contributed by atoms with E-state index in [1.807, 2.05) is 32.2 Å². The molecule has 0 saturated carbocycles. The second-order valence-electron chi connectivity index (χ2n) is 5.36. The van der Waals surface area contributed by atoms with Gasteiger partial charge in [-0.05, 0) is 32.4 Å². The van der Waals surface area contributed by atoms with Gasteiger partial charge in [0.25, 0.3) is 0 Å². The first-order valence-corrected chi connectivity index (χ1v) is 8.69. The van der Waals surface area contributed by atoms with Crippen LogP contribution < -0.4 is 5.32 Å². The van der Waals surface area contributed by atoms with Gasteiger partial charge in [0.15, 0.2) is 0 Å². The van der Waals surface area contributed by atoms with Crippen molar-refractivity contribution in [3.05, 3.63) is 35.9 Å². The van der Waals surface area contributed by atoms with E-state index in [1.54, 1.807) is 0 Å². The van der Waals surface area contributed by atoms with E-state index in [-0.39, 0.29) is 22.6 Å². The Morgan fingerprint density at radius 1 is 1.40 bits per heavy atom. The summed E-state index contributed by atoms with van der Waals surface area (Å²) in [6.45, 7) is 4.90. The standard InChI is InChI=1S/C16H25NO2S/c1-4-14(20(18)15-10-11-19-12(15)2)16(17-3)13-8-6-5-7-9-13/h5-9,12,14-17H,4,10-11H2,1-3H3. The molecule has 0 aromatic heterocycles. The molecule has 2 rings (SSSR count). The fourth-order valence-electron chi connectivity index (χ4n) is 3.00. The molecule has 1 heterocycles. The fourth-order valence-corrected chi connectivity index (χ4v) is 5.13. The minimum absolute atomic E-state index is 0.109. The smallest absolute Gasteiger partial charge is 0.0691 e. The highest BCUT2D eigenvalue weighted by Gasteiger charge is 2.36. The van der Waals surface area contributed by atoms with E-state index in [0.29, 0.717) is 0 Å². The zero-order valence-corrected chi connectivity index (χ0v) is 13.4. The zero-order chi connectivity index (χ0) is 14.5. The Morgan fingerprint density at radius 2 is 2.10 bits per heavy atom. The van der Waals surface area contributed by atoms with Crippen LogP contribution >= 0.6 is 0 Å². The Hall–Kier alpha value is -0.710. The van der Waals surface area contributed by atoms with Crippen LogP contribution in [-0.4, -0.2) is 34.5 Å². The number of hydrogen-bond donors (Lipinski definition) is 1. The maximum Gasteiger partial charge on any atom is 0.0691 e. The molecule has 3 nitrogen and oxygen atoms in total. The van der Waals surface area contributed by atoms with Crippen LogP contribution in [0.1, 0.15) is 38.3 Å².